The molecule has 0 saturated carbocycles. The lowest BCUT2D eigenvalue weighted by Crippen LogP contribution is -2.03. The van der Waals surface area contributed by atoms with Crippen LogP contribution in [0.25, 0.3) is 10.8 Å². The minimum absolute atomic E-state index is 0.473. The van der Waals surface area contributed by atoms with Crippen LogP contribution in [-0.2, 0) is 6.42 Å². The highest BCUT2D eigenvalue weighted by Gasteiger charge is 2.13. The third-order valence-electron chi connectivity index (χ3n) is 3.79. The van der Waals surface area contributed by atoms with Crippen molar-refractivity contribution in [2.45, 2.75) is 17.4 Å². The third kappa shape index (κ3) is 2.97. The van der Waals surface area contributed by atoms with E-state index in [0.29, 0.717) is 6.42 Å². The van der Waals surface area contributed by atoms with E-state index in [-0.39, 0.29) is 0 Å². The van der Waals surface area contributed by atoms with Crippen molar-refractivity contribution < 1.29 is 5.11 Å². The number of hydrogen-bond donors (Lipinski definition) is 1. The predicted molar refractivity (Wildman–Crippen MR) is 90.8 cm³/mol. The summed E-state index contributed by atoms with van der Waals surface area (Å²) in [6.45, 7) is 0. The highest BCUT2D eigenvalue weighted by molar-refractivity contribution is 7.98. The van der Waals surface area contributed by atoms with Crippen LogP contribution in [0.5, 0.6) is 0 Å². The third-order valence-corrected chi connectivity index (χ3v) is 4.60. The number of aliphatic hydroxyl groups excluding tert-OH is 1. The van der Waals surface area contributed by atoms with Gasteiger partial charge in [0.15, 0.2) is 0 Å². The Kier molecular flexibility index (Phi) is 4.28. The molecule has 0 aliphatic heterocycles. The van der Waals surface area contributed by atoms with Gasteiger partial charge in [0.2, 0.25) is 0 Å². The Morgan fingerprint density at radius 3 is 2.48 bits per heavy atom. The minimum Gasteiger partial charge on any atom is -0.388 e. The molecule has 3 rings (SSSR count). The summed E-state index contributed by atoms with van der Waals surface area (Å²) in [5, 5.41) is 13.1. The maximum atomic E-state index is 10.6. The molecule has 3 aromatic carbocycles. The number of fused-ring (bicyclic) bond motifs is 1. The molecule has 1 unspecified atom stereocenters. The Morgan fingerprint density at radius 2 is 1.62 bits per heavy atom. The van der Waals surface area contributed by atoms with Gasteiger partial charge in [-0.2, -0.15) is 0 Å². The van der Waals surface area contributed by atoms with Gasteiger partial charge >= 0.3 is 0 Å². The fraction of sp³-hybridized carbons (Fsp3) is 0.158. The van der Waals surface area contributed by atoms with Crippen LogP contribution in [0.15, 0.2) is 71.6 Å². The zero-order valence-corrected chi connectivity index (χ0v) is 12.8. The molecular formula is C19H18OS. The number of aliphatic hydroxyl groups is 1. The van der Waals surface area contributed by atoms with E-state index >= 15 is 0 Å². The van der Waals surface area contributed by atoms with Crippen molar-refractivity contribution in [3.63, 3.8) is 0 Å². The van der Waals surface area contributed by atoms with Crippen LogP contribution in [0, 0.1) is 0 Å². The molecule has 0 aliphatic rings. The van der Waals surface area contributed by atoms with Gasteiger partial charge in [-0.3, -0.25) is 0 Å². The molecule has 0 bridgehead atoms. The first-order valence-electron chi connectivity index (χ1n) is 7.07. The Hall–Kier alpha value is -1.77. The van der Waals surface area contributed by atoms with E-state index in [2.05, 4.69) is 36.4 Å². The van der Waals surface area contributed by atoms with Gasteiger partial charge in [0.25, 0.3) is 0 Å². The zero-order valence-electron chi connectivity index (χ0n) is 12.0. The molecule has 0 amide bonds. The molecule has 0 fully saturated rings. The van der Waals surface area contributed by atoms with Crippen LogP contribution in [0.1, 0.15) is 17.2 Å². The van der Waals surface area contributed by atoms with Gasteiger partial charge in [-0.25, -0.2) is 0 Å². The second-order valence-electron chi connectivity index (χ2n) is 5.10. The van der Waals surface area contributed by atoms with Gasteiger partial charge in [0, 0.05) is 11.3 Å². The normalized spacial score (nSPS) is 12.5. The summed E-state index contributed by atoms with van der Waals surface area (Å²) in [7, 11) is 0. The molecule has 3 aromatic rings. The van der Waals surface area contributed by atoms with E-state index in [1.54, 1.807) is 11.8 Å². The lowest BCUT2D eigenvalue weighted by Gasteiger charge is -2.15. The largest absolute Gasteiger partial charge is 0.388 e. The SMILES string of the molecule is CSc1ccccc1C(O)Cc1cccc2ccccc12. The highest BCUT2D eigenvalue weighted by atomic mass is 32.2. The molecule has 0 aromatic heterocycles. The van der Waals surface area contributed by atoms with E-state index in [0.717, 1.165) is 10.5 Å². The fourth-order valence-corrected chi connectivity index (χ4v) is 3.38. The molecule has 21 heavy (non-hydrogen) atoms. The molecule has 106 valence electrons. The summed E-state index contributed by atoms with van der Waals surface area (Å²) in [5.74, 6) is 0. The van der Waals surface area contributed by atoms with Crippen LogP contribution in [0.3, 0.4) is 0 Å². The van der Waals surface area contributed by atoms with Crippen LogP contribution in [-0.4, -0.2) is 11.4 Å². The molecule has 0 saturated heterocycles. The van der Waals surface area contributed by atoms with Crippen molar-refractivity contribution in [1.29, 1.82) is 0 Å². The van der Waals surface area contributed by atoms with Crippen molar-refractivity contribution in [3.05, 3.63) is 77.9 Å². The van der Waals surface area contributed by atoms with E-state index in [1.165, 1.54) is 16.3 Å². The molecule has 1 nitrogen and oxygen atoms in total. The molecule has 0 aliphatic carbocycles. The lowest BCUT2D eigenvalue weighted by atomic mass is 9.97. The maximum Gasteiger partial charge on any atom is 0.0841 e. The van der Waals surface area contributed by atoms with E-state index in [1.807, 2.05) is 36.6 Å². The number of benzene rings is 3. The topological polar surface area (TPSA) is 20.2 Å². The summed E-state index contributed by atoms with van der Waals surface area (Å²) in [6.07, 6.45) is 2.21. The second-order valence-corrected chi connectivity index (χ2v) is 5.95. The average Bonchev–Trinajstić information content (AvgIpc) is 2.55. The van der Waals surface area contributed by atoms with E-state index < -0.39 is 6.10 Å². The first kappa shape index (κ1) is 14.2. The average molecular weight is 294 g/mol. The molecular weight excluding hydrogens is 276 g/mol. The zero-order chi connectivity index (χ0) is 14.7. The fourth-order valence-electron chi connectivity index (χ4n) is 2.73. The van der Waals surface area contributed by atoms with Crippen molar-refractivity contribution in [2.75, 3.05) is 6.26 Å². The minimum atomic E-state index is -0.473. The Bertz CT molecular complexity index is 746. The van der Waals surface area contributed by atoms with Gasteiger partial charge in [0.05, 0.1) is 6.10 Å². The van der Waals surface area contributed by atoms with Gasteiger partial charge in [-0.1, -0.05) is 60.7 Å². The van der Waals surface area contributed by atoms with E-state index in [9.17, 15) is 5.11 Å². The number of rotatable bonds is 4. The highest BCUT2D eigenvalue weighted by Crippen LogP contribution is 2.29. The van der Waals surface area contributed by atoms with Crippen LogP contribution in [0.2, 0.25) is 0 Å². The molecule has 0 radical (unpaired) electrons. The summed E-state index contributed by atoms with van der Waals surface area (Å²) in [6, 6.07) is 22.7. The summed E-state index contributed by atoms with van der Waals surface area (Å²) in [5.41, 5.74) is 2.20. The van der Waals surface area contributed by atoms with Gasteiger partial charge in [-0.05, 0) is 34.2 Å². The predicted octanol–water partition coefficient (Wildman–Crippen LogP) is 4.84. The molecule has 0 heterocycles. The Balaban J connectivity index is 1.95. The smallest absolute Gasteiger partial charge is 0.0841 e. The van der Waals surface area contributed by atoms with Gasteiger partial charge in [0.1, 0.15) is 0 Å². The van der Waals surface area contributed by atoms with Gasteiger partial charge < -0.3 is 5.11 Å². The van der Waals surface area contributed by atoms with E-state index in [4.69, 9.17) is 0 Å². The van der Waals surface area contributed by atoms with Crippen LogP contribution >= 0.6 is 11.8 Å². The Labute approximate surface area is 129 Å². The van der Waals surface area contributed by atoms with Crippen molar-refractivity contribution in [1.82, 2.24) is 0 Å². The maximum absolute atomic E-state index is 10.6. The standard InChI is InChI=1S/C19H18OS/c1-21-19-12-5-4-11-17(19)18(20)13-15-9-6-8-14-7-2-3-10-16(14)15/h2-12,18,20H,13H2,1H3. The summed E-state index contributed by atoms with van der Waals surface area (Å²) < 4.78 is 0. The first-order valence-corrected chi connectivity index (χ1v) is 8.29. The molecule has 2 heteroatoms. The molecule has 1 N–H and O–H groups in total. The Morgan fingerprint density at radius 1 is 0.905 bits per heavy atom. The monoisotopic (exact) mass is 294 g/mol. The number of hydrogen-bond acceptors (Lipinski definition) is 2. The lowest BCUT2D eigenvalue weighted by molar-refractivity contribution is 0.176. The number of thioether (sulfide) groups is 1. The quantitative estimate of drug-likeness (QED) is 0.695. The van der Waals surface area contributed by atoms with Crippen LogP contribution in [0.4, 0.5) is 0 Å². The summed E-state index contributed by atoms with van der Waals surface area (Å²) in [4.78, 5) is 1.14. The second kappa shape index (κ2) is 6.33. The first-order chi connectivity index (χ1) is 10.3. The molecule has 0 spiro atoms. The molecule has 1 atom stereocenters. The van der Waals surface area contributed by atoms with Crippen molar-refractivity contribution >= 4 is 22.5 Å². The van der Waals surface area contributed by atoms with Crippen molar-refractivity contribution in [3.8, 4) is 0 Å². The summed E-state index contributed by atoms with van der Waals surface area (Å²) >= 11 is 1.68. The van der Waals surface area contributed by atoms with Crippen LogP contribution < -0.4 is 0 Å². The van der Waals surface area contributed by atoms with Gasteiger partial charge in [-0.15, -0.1) is 11.8 Å². The van der Waals surface area contributed by atoms with Crippen molar-refractivity contribution in [2.24, 2.45) is 0 Å².